The number of ether oxygens (including phenoxy) is 2. The van der Waals surface area contributed by atoms with Crippen molar-refractivity contribution in [2.24, 2.45) is 0 Å². The SMILES string of the molecule is CCCCCOc1ncc(C(F)(F)F)c(N(C)c2cccc(OC(C)CC)c2)n1. The molecule has 0 aliphatic rings. The van der Waals surface area contributed by atoms with Gasteiger partial charge in [0.2, 0.25) is 0 Å². The predicted molar refractivity (Wildman–Crippen MR) is 107 cm³/mol. The molecule has 0 spiro atoms. The van der Waals surface area contributed by atoms with Gasteiger partial charge in [-0.3, -0.25) is 0 Å². The van der Waals surface area contributed by atoms with Gasteiger partial charge < -0.3 is 14.4 Å². The first-order valence-corrected chi connectivity index (χ1v) is 9.83. The second kappa shape index (κ2) is 10.3. The van der Waals surface area contributed by atoms with Crippen LogP contribution in [-0.2, 0) is 6.18 Å². The van der Waals surface area contributed by atoms with Crippen LogP contribution in [0.1, 0.15) is 52.0 Å². The van der Waals surface area contributed by atoms with E-state index in [1.54, 1.807) is 24.3 Å². The van der Waals surface area contributed by atoms with Crippen LogP contribution in [0.2, 0.25) is 0 Å². The summed E-state index contributed by atoms with van der Waals surface area (Å²) in [5, 5.41) is 0. The second-order valence-electron chi connectivity index (χ2n) is 6.84. The lowest BCUT2D eigenvalue weighted by molar-refractivity contribution is -0.137. The van der Waals surface area contributed by atoms with E-state index in [0.29, 0.717) is 18.0 Å². The average Bonchev–Trinajstić information content (AvgIpc) is 2.70. The molecule has 2 aromatic rings. The highest BCUT2D eigenvalue weighted by atomic mass is 19.4. The Kier molecular flexibility index (Phi) is 8.10. The number of rotatable bonds is 10. The number of alkyl halides is 3. The van der Waals surface area contributed by atoms with Crippen LogP contribution in [0.4, 0.5) is 24.7 Å². The van der Waals surface area contributed by atoms with Crippen molar-refractivity contribution in [2.75, 3.05) is 18.6 Å². The zero-order valence-corrected chi connectivity index (χ0v) is 17.3. The van der Waals surface area contributed by atoms with Crippen LogP contribution in [0.25, 0.3) is 0 Å². The number of hydrogen-bond acceptors (Lipinski definition) is 5. The van der Waals surface area contributed by atoms with Crippen molar-refractivity contribution in [2.45, 2.75) is 58.7 Å². The predicted octanol–water partition coefficient (Wildman–Crippen LogP) is 6.01. The first kappa shape index (κ1) is 22.8. The molecule has 160 valence electrons. The van der Waals surface area contributed by atoms with Crippen LogP contribution in [0.3, 0.4) is 0 Å². The topological polar surface area (TPSA) is 47.5 Å². The fourth-order valence-corrected chi connectivity index (χ4v) is 2.60. The molecule has 8 heteroatoms. The number of benzene rings is 1. The van der Waals surface area contributed by atoms with Crippen LogP contribution in [-0.4, -0.2) is 29.7 Å². The first-order chi connectivity index (χ1) is 13.8. The number of hydrogen-bond donors (Lipinski definition) is 0. The van der Waals surface area contributed by atoms with Gasteiger partial charge in [-0.25, -0.2) is 4.98 Å². The summed E-state index contributed by atoms with van der Waals surface area (Å²) < 4.78 is 51.8. The lowest BCUT2D eigenvalue weighted by Crippen LogP contribution is -2.19. The molecule has 0 amide bonds. The van der Waals surface area contributed by atoms with E-state index < -0.39 is 11.7 Å². The fourth-order valence-electron chi connectivity index (χ4n) is 2.60. The molecular formula is C21H28F3N3O2. The Hall–Kier alpha value is -2.51. The summed E-state index contributed by atoms with van der Waals surface area (Å²) in [6.45, 7) is 6.35. The Balaban J connectivity index is 2.33. The van der Waals surface area contributed by atoms with Crippen molar-refractivity contribution in [1.82, 2.24) is 9.97 Å². The summed E-state index contributed by atoms with van der Waals surface area (Å²) in [5.74, 6) is 0.320. The highest BCUT2D eigenvalue weighted by Crippen LogP contribution is 2.38. The molecule has 0 N–H and O–H groups in total. The number of nitrogens with zero attached hydrogens (tertiary/aromatic N) is 3. The molecule has 1 unspecified atom stereocenters. The summed E-state index contributed by atoms with van der Waals surface area (Å²) >= 11 is 0. The number of anilines is 2. The minimum atomic E-state index is -4.59. The highest BCUT2D eigenvalue weighted by molar-refractivity contribution is 5.64. The smallest absolute Gasteiger partial charge is 0.421 e. The van der Waals surface area contributed by atoms with Gasteiger partial charge >= 0.3 is 12.2 Å². The standard InChI is InChI=1S/C21H28F3N3O2/c1-5-7-8-12-28-20-25-14-18(21(22,23)24)19(26-20)27(4)16-10-9-11-17(13-16)29-15(3)6-2/h9-11,13-15H,5-8,12H2,1-4H3. The Labute approximate surface area is 169 Å². The van der Waals surface area contributed by atoms with Gasteiger partial charge in [0.05, 0.1) is 12.7 Å². The van der Waals surface area contributed by atoms with E-state index in [1.165, 1.54) is 11.9 Å². The normalized spacial score (nSPS) is 12.5. The average molecular weight is 411 g/mol. The van der Waals surface area contributed by atoms with E-state index in [1.807, 2.05) is 13.8 Å². The Morgan fingerprint density at radius 1 is 1.17 bits per heavy atom. The van der Waals surface area contributed by atoms with Gasteiger partial charge in [-0.1, -0.05) is 32.8 Å². The van der Waals surface area contributed by atoms with Crippen LogP contribution >= 0.6 is 0 Å². The second-order valence-corrected chi connectivity index (χ2v) is 6.84. The molecule has 0 aliphatic carbocycles. The first-order valence-electron chi connectivity index (χ1n) is 9.83. The molecule has 0 saturated carbocycles. The Morgan fingerprint density at radius 3 is 2.59 bits per heavy atom. The van der Waals surface area contributed by atoms with Gasteiger partial charge in [-0.05, 0) is 31.9 Å². The molecule has 0 aliphatic heterocycles. The molecule has 0 bridgehead atoms. The van der Waals surface area contributed by atoms with Gasteiger partial charge in [0.1, 0.15) is 11.3 Å². The maximum Gasteiger partial charge on any atom is 0.421 e. The zero-order chi connectivity index (χ0) is 21.4. The van der Waals surface area contributed by atoms with Crippen molar-refractivity contribution >= 4 is 11.5 Å². The summed E-state index contributed by atoms with van der Waals surface area (Å²) in [6, 6.07) is 6.84. The fraction of sp³-hybridized carbons (Fsp3) is 0.524. The Bertz CT molecular complexity index is 784. The molecule has 1 aromatic heterocycles. The van der Waals surface area contributed by atoms with E-state index in [9.17, 15) is 13.2 Å². The molecule has 5 nitrogen and oxygen atoms in total. The Morgan fingerprint density at radius 2 is 1.93 bits per heavy atom. The lowest BCUT2D eigenvalue weighted by Gasteiger charge is -2.23. The maximum absolute atomic E-state index is 13.5. The number of aromatic nitrogens is 2. The van der Waals surface area contributed by atoms with E-state index in [-0.39, 0.29) is 17.9 Å². The van der Waals surface area contributed by atoms with Gasteiger partial charge in [-0.15, -0.1) is 0 Å². The van der Waals surface area contributed by atoms with Crippen LogP contribution in [0, 0.1) is 0 Å². The summed E-state index contributed by atoms with van der Waals surface area (Å²) in [5.41, 5.74) is -0.402. The van der Waals surface area contributed by atoms with Gasteiger partial charge in [0.15, 0.2) is 5.82 Å². The zero-order valence-electron chi connectivity index (χ0n) is 17.3. The minimum absolute atomic E-state index is 0.00321. The van der Waals surface area contributed by atoms with Crippen molar-refractivity contribution < 1.29 is 22.6 Å². The monoisotopic (exact) mass is 411 g/mol. The van der Waals surface area contributed by atoms with Crippen molar-refractivity contribution in [3.05, 3.63) is 36.0 Å². The van der Waals surface area contributed by atoms with E-state index >= 15 is 0 Å². The summed E-state index contributed by atoms with van der Waals surface area (Å²) in [6.07, 6.45) is -0.216. The van der Waals surface area contributed by atoms with E-state index in [2.05, 4.69) is 16.9 Å². The molecule has 0 radical (unpaired) electrons. The third-order valence-corrected chi connectivity index (χ3v) is 4.47. The molecule has 1 heterocycles. The molecule has 1 atom stereocenters. The molecule has 1 aromatic carbocycles. The summed E-state index contributed by atoms with van der Waals surface area (Å²) in [7, 11) is 1.53. The third kappa shape index (κ3) is 6.51. The highest BCUT2D eigenvalue weighted by Gasteiger charge is 2.36. The van der Waals surface area contributed by atoms with Crippen molar-refractivity contribution in [1.29, 1.82) is 0 Å². The molecular weight excluding hydrogens is 383 g/mol. The molecule has 0 saturated heterocycles. The van der Waals surface area contributed by atoms with E-state index in [0.717, 1.165) is 31.9 Å². The van der Waals surface area contributed by atoms with Gasteiger partial charge in [0.25, 0.3) is 0 Å². The third-order valence-electron chi connectivity index (χ3n) is 4.47. The lowest BCUT2D eigenvalue weighted by atomic mass is 10.2. The van der Waals surface area contributed by atoms with E-state index in [4.69, 9.17) is 9.47 Å². The van der Waals surface area contributed by atoms with Crippen molar-refractivity contribution in [3.63, 3.8) is 0 Å². The number of unbranched alkanes of at least 4 members (excludes halogenated alkanes) is 2. The quantitative estimate of drug-likeness (QED) is 0.448. The number of halogens is 3. The largest absolute Gasteiger partial charge is 0.491 e. The van der Waals surface area contributed by atoms with Crippen molar-refractivity contribution in [3.8, 4) is 11.8 Å². The van der Waals surface area contributed by atoms with Crippen LogP contribution in [0.15, 0.2) is 30.5 Å². The van der Waals surface area contributed by atoms with Crippen LogP contribution in [0.5, 0.6) is 11.8 Å². The van der Waals surface area contributed by atoms with Crippen LogP contribution < -0.4 is 14.4 Å². The molecule has 0 fully saturated rings. The minimum Gasteiger partial charge on any atom is -0.491 e. The van der Waals surface area contributed by atoms with Gasteiger partial charge in [0, 0.05) is 25.0 Å². The summed E-state index contributed by atoms with van der Waals surface area (Å²) in [4.78, 5) is 9.16. The molecule has 29 heavy (non-hydrogen) atoms. The maximum atomic E-state index is 13.5. The van der Waals surface area contributed by atoms with Gasteiger partial charge in [-0.2, -0.15) is 18.2 Å². The molecule has 2 rings (SSSR count).